The summed E-state index contributed by atoms with van der Waals surface area (Å²) in [4.78, 5) is 13.4. The van der Waals surface area contributed by atoms with Crippen LogP contribution in [-0.2, 0) is 18.8 Å². The second-order valence-electron chi connectivity index (χ2n) is 3.99. The lowest BCUT2D eigenvalue weighted by atomic mass is 10.1. The highest BCUT2D eigenvalue weighted by molar-refractivity contribution is 7.81. The molecule has 1 aromatic carbocycles. The molecule has 0 aliphatic carbocycles. The molecule has 0 aromatic heterocycles. The van der Waals surface area contributed by atoms with E-state index in [2.05, 4.69) is 8.37 Å². The van der Waals surface area contributed by atoms with Gasteiger partial charge in [0.1, 0.15) is 0 Å². The summed E-state index contributed by atoms with van der Waals surface area (Å²) in [5.74, 6) is -0.196. The average Bonchev–Trinajstić information content (AvgIpc) is 2.38. The van der Waals surface area contributed by atoms with Gasteiger partial charge in [-0.05, 0) is 19.1 Å². The lowest BCUT2D eigenvalue weighted by molar-refractivity contribution is 0.0769. The van der Waals surface area contributed by atoms with Gasteiger partial charge < -0.3 is 4.90 Å². The molecule has 0 saturated carbocycles. The minimum atomic E-state index is -3.95. The van der Waals surface area contributed by atoms with Crippen molar-refractivity contribution in [1.82, 2.24) is 4.90 Å². The van der Waals surface area contributed by atoms with Gasteiger partial charge in [0.2, 0.25) is 0 Å². The molecule has 1 rings (SSSR count). The quantitative estimate of drug-likeness (QED) is 0.779. The standard InChI is InChI=1S/C12H17NO5S/c1-10-4-6-11(7-5-10)12(14)13(2)8-9-18-19(15,16)17-3/h4-7H,8-9H2,1-3H3. The van der Waals surface area contributed by atoms with E-state index in [-0.39, 0.29) is 19.1 Å². The van der Waals surface area contributed by atoms with E-state index < -0.39 is 10.4 Å². The first-order chi connectivity index (χ1) is 8.85. The van der Waals surface area contributed by atoms with Gasteiger partial charge in [-0.3, -0.25) is 8.98 Å². The zero-order valence-electron chi connectivity index (χ0n) is 11.1. The first-order valence-corrected chi connectivity index (χ1v) is 6.96. The van der Waals surface area contributed by atoms with Crippen molar-refractivity contribution in [2.24, 2.45) is 0 Å². The van der Waals surface area contributed by atoms with Crippen LogP contribution in [0.4, 0.5) is 0 Å². The van der Waals surface area contributed by atoms with E-state index in [1.165, 1.54) is 4.90 Å². The van der Waals surface area contributed by atoms with E-state index in [4.69, 9.17) is 0 Å². The molecule has 0 spiro atoms. The number of aryl methyl sites for hydroxylation is 1. The summed E-state index contributed by atoms with van der Waals surface area (Å²) in [6.07, 6.45) is 0. The van der Waals surface area contributed by atoms with Crippen molar-refractivity contribution in [2.45, 2.75) is 6.92 Å². The molecule has 0 radical (unpaired) electrons. The summed E-state index contributed by atoms with van der Waals surface area (Å²) in [7, 11) is -1.36. The van der Waals surface area contributed by atoms with Crippen LogP contribution in [0.3, 0.4) is 0 Å². The van der Waals surface area contributed by atoms with Gasteiger partial charge in [-0.1, -0.05) is 17.7 Å². The molecule has 0 aliphatic heterocycles. The summed E-state index contributed by atoms with van der Waals surface area (Å²) in [5, 5.41) is 0. The third kappa shape index (κ3) is 4.98. The van der Waals surface area contributed by atoms with Gasteiger partial charge in [-0.25, -0.2) is 4.18 Å². The number of likely N-dealkylation sites (N-methyl/N-ethyl adjacent to an activating group) is 1. The number of rotatable bonds is 6. The molecule has 0 heterocycles. The van der Waals surface area contributed by atoms with E-state index in [1.807, 2.05) is 19.1 Å². The van der Waals surface area contributed by atoms with Gasteiger partial charge in [-0.15, -0.1) is 0 Å². The SMILES string of the molecule is COS(=O)(=O)OCCN(C)C(=O)c1ccc(C)cc1. The molecule has 0 N–H and O–H groups in total. The molecule has 0 fully saturated rings. The fourth-order valence-electron chi connectivity index (χ4n) is 1.34. The smallest absolute Gasteiger partial charge is 0.339 e. The van der Waals surface area contributed by atoms with Crippen LogP contribution in [0.25, 0.3) is 0 Å². The van der Waals surface area contributed by atoms with Gasteiger partial charge in [-0.2, -0.15) is 8.42 Å². The molecule has 0 saturated heterocycles. The van der Waals surface area contributed by atoms with Crippen LogP contribution < -0.4 is 0 Å². The summed E-state index contributed by atoms with van der Waals surface area (Å²) >= 11 is 0. The third-order valence-corrected chi connectivity index (χ3v) is 3.37. The van der Waals surface area contributed by atoms with E-state index in [9.17, 15) is 13.2 Å². The zero-order valence-corrected chi connectivity index (χ0v) is 11.9. The van der Waals surface area contributed by atoms with Crippen molar-refractivity contribution >= 4 is 16.3 Å². The Morgan fingerprint density at radius 1 is 1.26 bits per heavy atom. The molecular weight excluding hydrogens is 270 g/mol. The number of nitrogens with zero attached hydrogens (tertiary/aromatic N) is 1. The Balaban J connectivity index is 2.52. The summed E-state index contributed by atoms with van der Waals surface area (Å²) < 4.78 is 30.5. The largest absolute Gasteiger partial charge is 0.399 e. The maximum atomic E-state index is 12.0. The Morgan fingerprint density at radius 2 is 1.84 bits per heavy atom. The highest BCUT2D eigenvalue weighted by atomic mass is 32.3. The van der Waals surface area contributed by atoms with Crippen LogP contribution in [0.2, 0.25) is 0 Å². The molecule has 7 heteroatoms. The van der Waals surface area contributed by atoms with Crippen molar-refractivity contribution in [3.05, 3.63) is 35.4 Å². The van der Waals surface area contributed by atoms with Crippen molar-refractivity contribution in [3.8, 4) is 0 Å². The molecule has 0 aliphatic rings. The van der Waals surface area contributed by atoms with Gasteiger partial charge in [0.15, 0.2) is 0 Å². The van der Waals surface area contributed by atoms with Gasteiger partial charge in [0, 0.05) is 19.2 Å². The van der Waals surface area contributed by atoms with Crippen molar-refractivity contribution < 1.29 is 21.6 Å². The highest BCUT2D eigenvalue weighted by Gasteiger charge is 2.13. The molecule has 1 aromatic rings. The van der Waals surface area contributed by atoms with Crippen LogP contribution in [-0.4, -0.2) is 46.5 Å². The Bertz CT molecular complexity index is 524. The molecule has 19 heavy (non-hydrogen) atoms. The zero-order chi connectivity index (χ0) is 14.5. The summed E-state index contributed by atoms with van der Waals surface area (Å²) in [5.41, 5.74) is 1.61. The lowest BCUT2D eigenvalue weighted by Crippen LogP contribution is -2.30. The second-order valence-corrected chi connectivity index (χ2v) is 5.38. The van der Waals surface area contributed by atoms with Crippen LogP contribution in [0.5, 0.6) is 0 Å². The Hall–Kier alpha value is -1.44. The van der Waals surface area contributed by atoms with Crippen molar-refractivity contribution in [2.75, 3.05) is 27.3 Å². The molecule has 0 atom stereocenters. The molecule has 0 bridgehead atoms. The number of hydrogen-bond acceptors (Lipinski definition) is 5. The highest BCUT2D eigenvalue weighted by Crippen LogP contribution is 2.06. The normalized spacial score (nSPS) is 11.3. The number of carbonyl (C=O) groups excluding carboxylic acids is 1. The lowest BCUT2D eigenvalue weighted by Gasteiger charge is -2.16. The Kier molecular flexibility index (Phi) is 5.46. The van der Waals surface area contributed by atoms with Crippen molar-refractivity contribution in [1.29, 1.82) is 0 Å². The van der Waals surface area contributed by atoms with Gasteiger partial charge >= 0.3 is 10.4 Å². The van der Waals surface area contributed by atoms with Crippen LogP contribution in [0.1, 0.15) is 15.9 Å². The van der Waals surface area contributed by atoms with Crippen LogP contribution in [0, 0.1) is 6.92 Å². The first kappa shape index (κ1) is 15.6. The van der Waals surface area contributed by atoms with Gasteiger partial charge in [0.05, 0.1) is 13.7 Å². The van der Waals surface area contributed by atoms with Gasteiger partial charge in [0.25, 0.3) is 5.91 Å². The fraction of sp³-hybridized carbons (Fsp3) is 0.417. The van der Waals surface area contributed by atoms with Crippen molar-refractivity contribution in [3.63, 3.8) is 0 Å². The molecule has 6 nitrogen and oxygen atoms in total. The van der Waals surface area contributed by atoms with E-state index in [0.29, 0.717) is 5.56 Å². The molecule has 106 valence electrons. The predicted octanol–water partition coefficient (Wildman–Crippen LogP) is 0.975. The maximum absolute atomic E-state index is 12.0. The summed E-state index contributed by atoms with van der Waals surface area (Å²) in [6, 6.07) is 7.13. The average molecular weight is 287 g/mol. The second kappa shape index (κ2) is 6.65. The monoisotopic (exact) mass is 287 g/mol. The number of hydrogen-bond donors (Lipinski definition) is 0. The fourth-order valence-corrected chi connectivity index (χ4v) is 1.72. The minimum Gasteiger partial charge on any atom is -0.339 e. The topological polar surface area (TPSA) is 72.9 Å². The first-order valence-electron chi connectivity index (χ1n) is 5.63. The summed E-state index contributed by atoms with van der Waals surface area (Å²) in [6.45, 7) is 1.93. The molecule has 0 unspecified atom stereocenters. The van der Waals surface area contributed by atoms with E-state index >= 15 is 0 Å². The molecular formula is C12H17NO5S. The molecule has 1 amide bonds. The Labute approximate surface area is 113 Å². The third-order valence-electron chi connectivity index (χ3n) is 2.50. The van der Waals surface area contributed by atoms with Crippen LogP contribution in [0.15, 0.2) is 24.3 Å². The number of benzene rings is 1. The number of amides is 1. The minimum absolute atomic E-state index is 0.148. The van der Waals surface area contributed by atoms with E-state index in [0.717, 1.165) is 12.7 Å². The van der Waals surface area contributed by atoms with E-state index in [1.54, 1.807) is 19.2 Å². The predicted molar refractivity (Wildman–Crippen MR) is 70.0 cm³/mol. The number of carbonyl (C=O) groups is 1. The maximum Gasteiger partial charge on any atom is 0.399 e. The Morgan fingerprint density at radius 3 is 2.37 bits per heavy atom. The van der Waals surface area contributed by atoms with Crippen LogP contribution >= 0.6 is 0 Å².